The summed E-state index contributed by atoms with van der Waals surface area (Å²) in [6.45, 7) is 0. The van der Waals surface area contributed by atoms with Gasteiger partial charge in [0.05, 0.1) is 5.69 Å². The van der Waals surface area contributed by atoms with Crippen LogP contribution in [0.3, 0.4) is 0 Å². The van der Waals surface area contributed by atoms with Gasteiger partial charge in [-0.25, -0.2) is 4.39 Å². The Morgan fingerprint density at radius 1 is 1.20 bits per heavy atom. The quantitative estimate of drug-likeness (QED) is 0.686. The van der Waals surface area contributed by atoms with Crippen molar-refractivity contribution in [3.63, 3.8) is 0 Å². The van der Waals surface area contributed by atoms with Crippen LogP contribution in [0, 0.1) is 5.82 Å². The van der Waals surface area contributed by atoms with Crippen LogP contribution in [-0.2, 0) is 16.9 Å². The highest BCUT2D eigenvalue weighted by atomic mass is 35.5. The SMILES string of the molecule is Nc1cc(C=C[S+]([O-])Cc2ccc(Cl)cc2)ccc1F. The summed E-state index contributed by atoms with van der Waals surface area (Å²) >= 11 is 4.64. The molecule has 0 saturated heterocycles. The number of benzene rings is 2. The van der Waals surface area contributed by atoms with Crippen molar-refractivity contribution in [2.24, 2.45) is 0 Å². The van der Waals surface area contributed by atoms with Crippen LogP contribution in [-0.4, -0.2) is 4.55 Å². The molecular weight excluding hydrogens is 297 g/mol. The first kappa shape index (κ1) is 14.9. The Kier molecular flexibility index (Phi) is 5.06. The van der Waals surface area contributed by atoms with Crippen LogP contribution in [0.2, 0.25) is 5.02 Å². The first-order valence-corrected chi connectivity index (χ1v) is 7.65. The summed E-state index contributed by atoms with van der Waals surface area (Å²) in [6.07, 6.45) is 1.67. The molecule has 2 rings (SSSR count). The maximum Gasteiger partial charge on any atom is 0.146 e. The van der Waals surface area contributed by atoms with Crippen molar-refractivity contribution in [2.75, 3.05) is 5.73 Å². The van der Waals surface area contributed by atoms with Gasteiger partial charge in [0.15, 0.2) is 0 Å². The normalized spacial score (nSPS) is 12.8. The van der Waals surface area contributed by atoms with Crippen molar-refractivity contribution in [3.05, 3.63) is 69.8 Å². The highest BCUT2D eigenvalue weighted by Gasteiger charge is 2.04. The average molecular weight is 310 g/mol. The lowest BCUT2D eigenvalue weighted by Gasteiger charge is -2.06. The minimum Gasteiger partial charge on any atom is -0.612 e. The van der Waals surface area contributed by atoms with E-state index in [1.165, 1.54) is 12.1 Å². The first-order valence-electron chi connectivity index (χ1n) is 5.89. The molecule has 0 amide bonds. The highest BCUT2D eigenvalue weighted by Crippen LogP contribution is 2.16. The van der Waals surface area contributed by atoms with Gasteiger partial charge < -0.3 is 10.3 Å². The molecule has 20 heavy (non-hydrogen) atoms. The number of nitrogen functional groups attached to an aromatic ring is 1. The standard InChI is InChI=1S/C15H13ClFNOS/c16-13-4-1-12(2-5-13)10-20(19)8-7-11-3-6-14(17)15(18)9-11/h1-9H,10,18H2. The van der Waals surface area contributed by atoms with E-state index in [-0.39, 0.29) is 5.69 Å². The molecule has 0 heterocycles. The van der Waals surface area contributed by atoms with Crippen LogP contribution in [0.4, 0.5) is 10.1 Å². The van der Waals surface area contributed by atoms with Crippen molar-refractivity contribution in [3.8, 4) is 0 Å². The van der Waals surface area contributed by atoms with Gasteiger partial charge in [-0.3, -0.25) is 0 Å². The zero-order valence-corrected chi connectivity index (χ0v) is 12.1. The van der Waals surface area contributed by atoms with E-state index < -0.39 is 17.0 Å². The van der Waals surface area contributed by atoms with E-state index in [9.17, 15) is 8.94 Å². The van der Waals surface area contributed by atoms with Crippen LogP contribution in [0.25, 0.3) is 6.08 Å². The Bertz CT molecular complexity index is 616. The zero-order valence-electron chi connectivity index (χ0n) is 10.6. The number of nitrogens with two attached hydrogens (primary N) is 1. The van der Waals surface area contributed by atoms with Gasteiger partial charge in [0.1, 0.15) is 17.0 Å². The molecule has 1 atom stereocenters. The molecule has 0 spiro atoms. The third kappa shape index (κ3) is 4.27. The summed E-state index contributed by atoms with van der Waals surface area (Å²) in [4.78, 5) is 0. The Morgan fingerprint density at radius 3 is 2.55 bits per heavy atom. The summed E-state index contributed by atoms with van der Waals surface area (Å²) in [5.74, 6) is -0.0471. The number of halogens is 2. The van der Waals surface area contributed by atoms with Crippen molar-refractivity contribution in [1.82, 2.24) is 0 Å². The monoisotopic (exact) mass is 309 g/mol. The van der Waals surface area contributed by atoms with Crippen LogP contribution in [0.1, 0.15) is 11.1 Å². The van der Waals surface area contributed by atoms with E-state index >= 15 is 0 Å². The molecular formula is C15H13ClFNOS. The largest absolute Gasteiger partial charge is 0.612 e. The van der Waals surface area contributed by atoms with Crippen molar-refractivity contribution >= 4 is 34.5 Å². The minimum atomic E-state index is -1.15. The third-order valence-corrected chi connectivity index (χ3v) is 3.96. The van der Waals surface area contributed by atoms with E-state index in [0.29, 0.717) is 16.3 Å². The second kappa shape index (κ2) is 6.79. The predicted octanol–water partition coefficient (Wildman–Crippen LogP) is 3.98. The molecule has 0 aromatic heterocycles. The van der Waals surface area contributed by atoms with Crippen LogP contribution in [0.15, 0.2) is 47.9 Å². The summed E-state index contributed by atoms with van der Waals surface area (Å²) in [7, 11) is 0. The van der Waals surface area contributed by atoms with Crippen LogP contribution < -0.4 is 5.73 Å². The van der Waals surface area contributed by atoms with E-state index in [1.54, 1.807) is 29.7 Å². The highest BCUT2D eigenvalue weighted by molar-refractivity contribution is 7.93. The summed E-state index contributed by atoms with van der Waals surface area (Å²) < 4.78 is 24.9. The second-order valence-electron chi connectivity index (χ2n) is 4.24. The van der Waals surface area contributed by atoms with E-state index in [4.69, 9.17) is 17.3 Å². The molecule has 0 fully saturated rings. The van der Waals surface area contributed by atoms with Crippen LogP contribution >= 0.6 is 11.6 Å². The van der Waals surface area contributed by atoms with Gasteiger partial charge in [-0.1, -0.05) is 29.8 Å². The lowest BCUT2D eigenvalue weighted by molar-refractivity contribution is 0.603. The van der Waals surface area contributed by atoms with Gasteiger partial charge in [-0.05, 0) is 47.1 Å². The van der Waals surface area contributed by atoms with E-state index in [2.05, 4.69) is 0 Å². The topological polar surface area (TPSA) is 49.1 Å². The number of anilines is 1. The summed E-state index contributed by atoms with van der Waals surface area (Å²) in [6, 6.07) is 11.6. The number of hydrogen-bond acceptors (Lipinski definition) is 2. The van der Waals surface area contributed by atoms with E-state index in [0.717, 1.165) is 5.56 Å². The van der Waals surface area contributed by atoms with Gasteiger partial charge in [-0.2, -0.15) is 0 Å². The Balaban J connectivity index is 1.99. The molecule has 2 N–H and O–H groups in total. The molecule has 2 aromatic rings. The third-order valence-electron chi connectivity index (χ3n) is 2.65. The molecule has 0 aliphatic carbocycles. The molecule has 1 unspecified atom stereocenters. The fraction of sp³-hybridized carbons (Fsp3) is 0.0667. The Hall–Kier alpha value is -1.49. The Morgan fingerprint density at radius 2 is 1.90 bits per heavy atom. The molecule has 0 radical (unpaired) electrons. The van der Waals surface area contributed by atoms with Crippen LogP contribution in [0.5, 0.6) is 0 Å². The molecule has 2 nitrogen and oxygen atoms in total. The fourth-order valence-corrected chi connectivity index (χ4v) is 2.67. The van der Waals surface area contributed by atoms with Gasteiger partial charge in [0, 0.05) is 10.6 Å². The van der Waals surface area contributed by atoms with Gasteiger partial charge >= 0.3 is 0 Å². The fourth-order valence-electron chi connectivity index (χ4n) is 1.61. The molecule has 0 saturated carbocycles. The van der Waals surface area contributed by atoms with Gasteiger partial charge in [0.25, 0.3) is 0 Å². The Labute approximate surface area is 125 Å². The van der Waals surface area contributed by atoms with Crippen molar-refractivity contribution in [2.45, 2.75) is 5.75 Å². The second-order valence-corrected chi connectivity index (χ2v) is 5.99. The maximum atomic E-state index is 13.0. The smallest absolute Gasteiger partial charge is 0.146 e. The average Bonchev–Trinajstić information content (AvgIpc) is 2.43. The molecule has 5 heteroatoms. The first-order chi connectivity index (χ1) is 9.54. The van der Waals surface area contributed by atoms with Gasteiger partial charge in [-0.15, -0.1) is 0 Å². The molecule has 2 aromatic carbocycles. The summed E-state index contributed by atoms with van der Waals surface area (Å²) in [5.41, 5.74) is 7.20. The predicted molar refractivity (Wildman–Crippen MR) is 83.1 cm³/mol. The molecule has 0 aliphatic heterocycles. The van der Waals surface area contributed by atoms with E-state index in [1.807, 2.05) is 12.1 Å². The molecule has 0 aliphatic rings. The molecule has 104 valence electrons. The van der Waals surface area contributed by atoms with Crippen molar-refractivity contribution < 1.29 is 8.94 Å². The lowest BCUT2D eigenvalue weighted by atomic mass is 10.2. The maximum absolute atomic E-state index is 13.0. The zero-order chi connectivity index (χ0) is 14.5. The van der Waals surface area contributed by atoms with Gasteiger partial charge in [0.2, 0.25) is 0 Å². The van der Waals surface area contributed by atoms with Crippen molar-refractivity contribution in [1.29, 1.82) is 0 Å². The minimum absolute atomic E-state index is 0.0793. The number of hydrogen-bond donors (Lipinski definition) is 1. The lowest BCUT2D eigenvalue weighted by Crippen LogP contribution is -1.99. The molecule has 0 bridgehead atoms. The number of rotatable bonds is 4. The summed E-state index contributed by atoms with van der Waals surface area (Å²) in [5, 5.41) is 2.22.